The van der Waals surface area contributed by atoms with E-state index in [1.54, 1.807) is 6.92 Å². The van der Waals surface area contributed by atoms with Gasteiger partial charge in [0.1, 0.15) is 0 Å². The molecule has 2 atom stereocenters. The minimum absolute atomic E-state index is 0.438. The Hall–Kier alpha value is -1.35. The van der Waals surface area contributed by atoms with E-state index in [1.807, 2.05) is 24.3 Å². The van der Waals surface area contributed by atoms with E-state index in [2.05, 4.69) is 19.2 Å². The predicted octanol–water partition coefficient (Wildman–Crippen LogP) is 3.01. The van der Waals surface area contributed by atoms with Crippen molar-refractivity contribution >= 4 is 5.97 Å². The third-order valence-corrected chi connectivity index (χ3v) is 3.37. The maximum absolute atomic E-state index is 10.9. The largest absolute Gasteiger partial charge is 0.481 e. The number of benzene rings is 1. The molecule has 3 heteroatoms. The van der Waals surface area contributed by atoms with Crippen LogP contribution in [-0.4, -0.2) is 17.6 Å². The Morgan fingerprint density at radius 2 is 1.89 bits per heavy atom. The molecule has 18 heavy (non-hydrogen) atoms. The summed E-state index contributed by atoms with van der Waals surface area (Å²) in [6.07, 6.45) is 1.18. The predicted molar refractivity (Wildman–Crippen MR) is 73.7 cm³/mol. The van der Waals surface area contributed by atoms with Gasteiger partial charge in [-0.15, -0.1) is 0 Å². The topological polar surface area (TPSA) is 49.3 Å². The van der Waals surface area contributed by atoms with Gasteiger partial charge in [0.25, 0.3) is 0 Å². The molecule has 1 aromatic rings. The second-order valence-electron chi connectivity index (χ2n) is 4.95. The number of aliphatic carboxylic acids is 1. The molecule has 1 rings (SSSR count). The number of carbonyl (C=O) groups is 1. The summed E-state index contributed by atoms with van der Waals surface area (Å²) in [7, 11) is 0. The van der Waals surface area contributed by atoms with E-state index in [0.29, 0.717) is 5.92 Å². The lowest BCUT2D eigenvalue weighted by Crippen LogP contribution is -2.20. The molecule has 0 saturated carbocycles. The Bertz CT molecular complexity index is 373. The molecule has 0 saturated heterocycles. The number of hydrogen-bond acceptors (Lipinski definition) is 2. The molecular weight excluding hydrogens is 226 g/mol. The molecular formula is C15H23NO2. The summed E-state index contributed by atoms with van der Waals surface area (Å²) in [4.78, 5) is 10.9. The molecule has 0 aliphatic heterocycles. The second-order valence-corrected chi connectivity index (χ2v) is 4.95. The van der Waals surface area contributed by atoms with Gasteiger partial charge in [0.05, 0.1) is 5.92 Å². The Kier molecular flexibility index (Phi) is 5.86. The van der Waals surface area contributed by atoms with Gasteiger partial charge >= 0.3 is 5.97 Å². The van der Waals surface area contributed by atoms with Gasteiger partial charge in [-0.25, -0.2) is 0 Å². The first-order valence-electron chi connectivity index (χ1n) is 6.57. The summed E-state index contributed by atoms with van der Waals surface area (Å²) in [6, 6.07) is 7.80. The van der Waals surface area contributed by atoms with Gasteiger partial charge in [-0.2, -0.15) is 0 Å². The Balaban J connectivity index is 2.48. The fourth-order valence-electron chi connectivity index (χ4n) is 1.67. The molecule has 0 fully saturated rings. The highest BCUT2D eigenvalue weighted by Crippen LogP contribution is 2.16. The monoisotopic (exact) mass is 249 g/mol. The van der Waals surface area contributed by atoms with Gasteiger partial charge in [-0.05, 0) is 30.5 Å². The van der Waals surface area contributed by atoms with Gasteiger partial charge in [-0.1, -0.05) is 44.5 Å². The summed E-state index contributed by atoms with van der Waals surface area (Å²) in [5.41, 5.74) is 2.05. The van der Waals surface area contributed by atoms with Crippen LogP contribution in [0.2, 0.25) is 0 Å². The zero-order valence-electron chi connectivity index (χ0n) is 11.4. The van der Waals surface area contributed by atoms with Gasteiger partial charge in [-0.3, -0.25) is 4.79 Å². The van der Waals surface area contributed by atoms with Crippen molar-refractivity contribution in [2.45, 2.75) is 39.7 Å². The van der Waals surface area contributed by atoms with E-state index in [4.69, 9.17) is 5.11 Å². The third-order valence-electron chi connectivity index (χ3n) is 3.37. The van der Waals surface area contributed by atoms with E-state index in [1.165, 1.54) is 12.0 Å². The molecule has 0 aromatic heterocycles. The van der Waals surface area contributed by atoms with Crippen LogP contribution < -0.4 is 5.32 Å². The highest BCUT2D eigenvalue weighted by molar-refractivity contribution is 5.75. The summed E-state index contributed by atoms with van der Waals surface area (Å²) >= 11 is 0. The molecule has 0 amide bonds. The molecule has 2 unspecified atom stereocenters. The zero-order chi connectivity index (χ0) is 13.5. The molecule has 1 aromatic carbocycles. The molecule has 3 nitrogen and oxygen atoms in total. The lowest BCUT2D eigenvalue weighted by Gasteiger charge is -2.11. The van der Waals surface area contributed by atoms with Crippen LogP contribution in [0, 0.1) is 5.92 Å². The lowest BCUT2D eigenvalue weighted by molar-refractivity contribution is -0.138. The Labute approximate surface area is 109 Å². The van der Waals surface area contributed by atoms with Crippen molar-refractivity contribution < 1.29 is 9.90 Å². The van der Waals surface area contributed by atoms with E-state index in [9.17, 15) is 4.79 Å². The number of rotatable bonds is 7. The van der Waals surface area contributed by atoms with Crippen molar-refractivity contribution in [3.63, 3.8) is 0 Å². The van der Waals surface area contributed by atoms with Crippen molar-refractivity contribution in [2.24, 2.45) is 5.92 Å². The molecule has 0 spiro atoms. The molecule has 0 bridgehead atoms. The first-order valence-corrected chi connectivity index (χ1v) is 6.57. The van der Waals surface area contributed by atoms with Crippen LogP contribution in [0.4, 0.5) is 0 Å². The summed E-state index contributed by atoms with van der Waals surface area (Å²) in [5, 5.41) is 12.3. The molecule has 0 radical (unpaired) electrons. The fourth-order valence-corrected chi connectivity index (χ4v) is 1.67. The van der Waals surface area contributed by atoms with Crippen molar-refractivity contribution in [3.05, 3.63) is 35.4 Å². The highest BCUT2D eigenvalue weighted by atomic mass is 16.4. The number of nitrogens with one attached hydrogen (secondary N) is 1. The fraction of sp³-hybridized carbons (Fsp3) is 0.533. The zero-order valence-corrected chi connectivity index (χ0v) is 11.4. The minimum Gasteiger partial charge on any atom is -0.481 e. The average Bonchev–Trinajstić information content (AvgIpc) is 2.38. The van der Waals surface area contributed by atoms with Crippen LogP contribution >= 0.6 is 0 Å². The van der Waals surface area contributed by atoms with Crippen molar-refractivity contribution in [1.29, 1.82) is 0 Å². The quantitative estimate of drug-likeness (QED) is 0.781. The van der Waals surface area contributed by atoms with Crippen LogP contribution in [0.5, 0.6) is 0 Å². The lowest BCUT2D eigenvalue weighted by atomic mass is 10.00. The van der Waals surface area contributed by atoms with E-state index >= 15 is 0 Å². The maximum Gasteiger partial charge on any atom is 0.310 e. The van der Waals surface area contributed by atoms with E-state index in [-0.39, 0.29) is 0 Å². The van der Waals surface area contributed by atoms with Crippen molar-refractivity contribution in [2.75, 3.05) is 6.54 Å². The van der Waals surface area contributed by atoms with Gasteiger partial charge in [0.2, 0.25) is 0 Å². The standard InChI is InChI=1S/C15H23NO2/c1-4-11(2)9-16-10-13-5-7-14(8-6-13)12(3)15(17)18/h5-8,11-12,16H,4,9-10H2,1-3H3,(H,17,18). The smallest absolute Gasteiger partial charge is 0.310 e. The number of hydrogen-bond donors (Lipinski definition) is 2. The van der Waals surface area contributed by atoms with Crippen LogP contribution in [-0.2, 0) is 11.3 Å². The molecule has 100 valence electrons. The molecule has 0 aliphatic rings. The van der Waals surface area contributed by atoms with Crippen molar-refractivity contribution in [1.82, 2.24) is 5.32 Å². The van der Waals surface area contributed by atoms with Gasteiger partial charge in [0.15, 0.2) is 0 Å². The highest BCUT2D eigenvalue weighted by Gasteiger charge is 2.12. The normalized spacial score (nSPS) is 14.2. The Morgan fingerprint density at radius 3 is 2.39 bits per heavy atom. The molecule has 2 N–H and O–H groups in total. The molecule has 0 aliphatic carbocycles. The first kappa shape index (κ1) is 14.7. The number of carboxylic acid groups (broad SMARTS) is 1. The van der Waals surface area contributed by atoms with E-state index in [0.717, 1.165) is 18.7 Å². The summed E-state index contributed by atoms with van der Waals surface area (Å²) in [6.45, 7) is 7.98. The maximum atomic E-state index is 10.9. The van der Waals surface area contributed by atoms with Crippen LogP contribution in [0.25, 0.3) is 0 Å². The Morgan fingerprint density at radius 1 is 1.28 bits per heavy atom. The van der Waals surface area contributed by atoms with Crippen LogP contribution in [0.15, 0.2) is 24.3 Å². The second kappa shape index (κ2) is 7.17. The van der Waals surface area contributed by atoms with Crippen molar-refractivity contribution in [3.8, 4) is 0 Å². The third kappa shape index (κ3) is 4.49. The van der Waals surface area contributed by atoms with Crippen LogP contribution in [0.1, 0.15) is 44.2 Å². The summed E-state index contributed by atoms with van der Waals surface area (Å²) < 4.78 is 0. The van der Waals surface area contributed by atoms with Gasteiger partial charge < -0.3 is 10.4 Å². The van der Waals surface area contributed by atoms with Gasteiger partial charge in [0, 0.05) is 6.54 Å². The molecule has 0 heterocycles. The van der Waals surface area contributed by atoms with Crippen LogP contribution in [0.3, 0.4) is 0 Å². The summed E-state index contributed by atoms with van der Waals surface area (Å²) in [5.74, 6) is -0.527. The first-order chi connectivity index (χ1) is 8.54. The van der Waals surface area contributed by atoms with E-state index < -0.39 is 11.9 Å². The number of carboxylic acids is 1. The SMILES string of the molecule is CCC(C)CNCc1ccc(C(C)C(=O)O)cc1. The average molecular weight is 249 g/mol. The minimum atomic E-state index is -0.780.